The molecule has 1 N–H and O–H groups in total. The zero-order valence-electron chi connectivity index (χ0n) is 21.3. The number of hydrogen-bond donors (Lipinski definition) is 1. The molecule has 0 aliphatic carbocycles. The van der Waals surface area contributed by atoms with E-state index in [-0.39, 0.29) is 11.4 Å². The Hall–Kier alpha value is -2.65. The summed E-state index contributed by atoms with van der Waals surface area (Å²) in [5, 5.41) is 9.59. The second-order valence-electron chi connectivity index (χ2n) is 11.0. The van der Waals surface area contributed by atoms with E-state index in [0.29, 0.717) is 6.54 Å². The number of imidazole rings is 1. The van der Waals surface area contributed by atoms with Crippen LogP contribution < -0.4 is 10.2 Å². The molecule has 2 saturated heterocycles. The minimum Gasteiger partial charge on any atom is -0.364 e. The number of carbonyl (C=O) groups excluding carboxylic acids is 1. The molecule has 2 aliphatic rings. The largest absolute Gasteiger partial charge is 0.364 e. The van der Waals surface area contributed by atoms with Crippen LogP contribution in [0.5, 0.6) is 0 Å². The van der Waals surface area contributed by atoms with Crippen LogP contribution in [0.1, 0.15) is 40.5 Å². The summed E-state index contributed by atoms with van der Waals surface area (Å²) in [7, 11) is 0. The van der Waals surface area contributed by atoms with E-state index in [1.54, 1.807) is 11.3 Å². The molecule has 188 valence electrons. The Morgan fingerprint density at radius 2 is 1.74 bits per heavy atom. The maximum atomic E-state index is 12.7. The molecule has 1 aromatic carbocycles. The standard InChI is InChI=1S/C26H37N7OS/c1-19-10-12-31(13-11-19)21(34)18-30-14-16-32(17-15-30)25-29-33-23(28-26(2,3)4)22(27-24(33)35-25)20-8-6-5-7-9-20/h5-9,19,28H,10-18H2,1-4H3. The van der Waals surface area contributed by atoms with Crippen molar-refractivity contribution in [2.75, 3.05) is 56.0 Å². The highest BCUT2D eigenvalue weighted by Crippen LogP contribution is 2.35. The molecule has 0 bridgehead atoms. The van der Waals surface area contributed by atoms with Crippen LogP contribution in [0.4, 0.5) is 10.9 Å². The number of rotatable bonds is 5. The lowest BCUT2D eigenvalue weighted by atomic mass is 9.99. The number of fused-ring (bicyclic) bond motifs is 1. The van der Waals surface area contributed by atoms with E-state index in [2.05, 4.69) is 59.8 Å². The number of amides is 1. The van der Waals surface area contributed by atoms with Gasteiger partial charge in [0.2, 0.25) is 16.0 Å². The molecule has 1 amide bonds. The van der Waals surface area contributed by atoms with Crippen LogP contribution in [0.3, 0.4) is 0 Å². The number of nitrogens with zero attached hydrogens (tertiary/aromatic N) is 6. The van der Waals surface area contributed by atoms with Gasteiger partial charge in [-0.3, -0.25) is 9.69 Å². The molecule has 2 fully saturated rings. The van der Waals surface area contributed by atoms with Gasteiger partial charge in [-0.1, -0.05) is 48.6 Å². The lowest BCUT2D eigenvalue weighted by Crippen LogP contribution is -2.51. The Morgan fingerprint density at radius 1 is 1.06 bits per heavy atom. The van der Waals surface area contributed by atoms with Gasteiger partial charge in [-0.25, -0.2) is 4.98 Å². The number of aromatic nitrogens is 3. The number of anilines is 2. The van der Waals surface area contributed by atoms with Crippen molar-refractivity contribution >= 4 is 33.2 Å². The van der Waals surface area contributed by atoms with Gasteiger partial charge in [0, 0.05) is 50.4 Å². The van der Waals surface area contributed by atoms with E-state index in [1.165, 1.54) is 0 Å². The molecule has 5 rings (SSSR count). The summed E-state index contributed by atoms with van der Waals surface area (Å²) in [6.07, 6.45) is 2.26. The molecule has 3 aromatic rings. The second-order valence-corrected chi connectivity index (χ2v) is 11.9. The highest BCUT2D eigenvalue weighted by Gasteiger charge is 2.27. The van der Waals surface area contributed by atoms with E-state index in [4.69, 9.17) is 10.1 Å². The van der Waals surface area contributed by atoms with Crippen molar-refractivity contribution in [3.8, 4) is 11.3 Å². The van der Waals surface area contributed by atoms with Crippen LogP contribution in [-0.2, 0) is 4.79 Å². The Labute approximate surface area is 211 Å². The molecule has 35 heavy (non-hydrogen) atoms. The van der Waals surface area contributed by atoms with Crippen LogP contribution in [-0.4, -0.2) is 81.7 Å². The van der Waals surface area contributed by atoms with E-state index in [9.17, 15) is 4.79 Å². The van der Waals surface area contributed by atoms with Crippen LogP contribution in [0, 0.1) is 5.92 Å². The topological polar surface area (TPSA) is 69.0 Å². The number of benzene rings is 1. The molecule has 0 atom stereocenters. The van der Waals surface area contributed by atoms with Gasteiger partial charge in [-0.15, -0.1) is 5.10 Å². The Kier molecular flexibility index (Phi) is 6.72. The van der Waals surface area contributed by atoms with E-state index in [0.717, 1.165) is 85.2 Å². The first-order valence-electron chi connectivity index (χ1n) is 12.7. The van der Waals surface area contributed by atoms with Crippen LogP contribution in [0.25, 0.3) is 16.2 Å². The maximum Gasteiger partial charge on any atom is 0.236 e. The fraction of sp³-hybridized carbons (Fsp3) is 0.577. The molecule has 0 spiro atoms. The molecule has 2 aromatic heterocycles. The summed E-state index contributed by atoms with van der Waals surface area (Å²) < 4.78 is 1.96. The first-order chi connectivity index (χ1) is 16.8. The van der Waals surface area contributed by atoms with Crippen molar-refractivity contribution in [1.82, 2.24) is 24.4 Å². The molecule has 0 saturated carbocycles. The average Bonchev–Trinajstić information content (AvgIpc) is 3.39. The lowest BCUT2D eigenvalue weighted by molar-refractivity contribution is -0.133. The van der Waals surface area contributed by atoms with Crippen molar-refractivity contribution < 1.29 is 4.79 Å². The summed E-state index contributed by atoms with van der Waals surface area (Å²) in [5.41, 5.74) is 1.90. The Bertz CT molecular complexity index is 1150. The van der Waals surface area contributed by atoms with E-state index < -0.39 is 0 Å². The number of piperidine rings is 1. The zero-order chi connectivity index (χ0) is 24.6. The normalized spacial score (nSPS) is 18.4. The van der Waals surface area contributed by atoms with Crippen molar-refractivity contribution in [3.05, 3.63) is 30.3 Å². The summed E-state index contributed by atoms with van der Waals surface area (Å²) >= 11 is 1.63. The smallest absolute Gasteiger partial charge is 0.236 e. The predicted octanol–water partition coefficient (Wildman–Crippen LogP) is 4.05. The van der Waals surface area contributed by atoms with Crippen molar-refractivity contribution in [3.63, 3.8) is 0 Å². The third-order valence-electron chi connectivity index (χ3n) is 6.87. The van der Waals surface area contributed by atoms with Crippen LogP contribution >= 0.6 is 11.3 Å². The van der Waals surface area contributed by atoms with Crippen molar-refractivity contribution in [2.45, 2.75) is 46.1 Å². The number of hydrogen-bond acceptors (Lipinski definition) is 7. The van der Waals surface area contributed by atoms with E-state index >= 15 is 0 Å². The monoisotopic (exact) mass is 495 g/mol. The summed E-state index contributed by atoms with van der Waals surface area (Å²) in [6, 6.07) is 10.3. The fourth-order valence-corrected chi connectivity index (χ4v) is 5.73. The van der Waals surface area contributed by atoms with Gasteiger partial charge in [0.25, 0.3) is 0 Å². The third-order valence-corrected chi connectivity index (χ3v) is 7.84. The summed E-state index contributed by atoms with van der Waals surface area (Å²) in [4.78, 5) is 25.3. The maximum absolute atomic E-state index is 12.7. The number of likely N-dealkylation sites (tertiary alicyclic amines) is 1. The quantitative estimate of drug-likeness (QED) is 0.576. The average molecular weight is 496 g/mol. The van der Waals surface area contributed by atoms with Gasteiger partial charge in [-0.05, 0) is 39.5 Å². The Balaban J connectivity index is 1.27. The number of nitrogens with one attached hydrogen (secondary N) is 1. The molecule has 2 aliphatic heterocycles. The number of carbonyl (C=O) groups is 1. The second kappa shape index (κ2) is 9.78. The van der Waals surface area contributed by atoms with Crippen molar-refractivity contribution in [1.29, 1.82) is 0 Å². The Morgan fingerprint density at radius 3 is 2.40 bits per heavy atom. The highest BCUT2D eigenvalue weighted by molar-refractivity contribution is 7.20. The summed E-state index contributed by atoms with van der Waals surface area (Å²) in [5.74, 6) is 1.95. The van der Waals surface area contributed by atoms with Gasteiger partial charge in [0.1, 0.15) is 5.69 Å². The molecular weight excluding hydrogens is 458 g/mol. The molecule has 4 heterocycles. The first kappa shape index (κ1) is 24.1. The van der Waals surface area contributed by atoms with Gasteiger partial charge in [0.05, 0.1) is 6.54 Å². The fourth-order valence-electron chi connectivity index (χ4n) is 4.78. The number of piperazine rings is 1. The summed E-state index contributed by atoms with van der Waals surface area (Å²) in [6.45, 7) is 14.6. The first-order valence-corrected chi connectivity index (χ1v) is 13.6. The third kappa shape index (κ3) is 5.46. The highest BCUT2D eigenvalue weighted by atomic mass is 32.1. The molecule has 0 unspecified atom stereocenters. The minimum absolute atomic E-state index is 0.117. The van der Waals surface area contributed by atoms with Gasteiger partial charge in [0.15, 0.2) is 5.82 Å². The molecule has 0 radical (unpaired) electrons. The predicted molar refractivity (Wildman–Crippen MR) is 143 cm³/mol. The van der Waals surface area contributed by atoms with Gasteiger partial charge < -0.3 is 15.1 Å². The van der Waals surface area contributed by atoms with E-state index in [1.807, 2.05) is 22.7 Å². The van der Waals surface area contributed by atoms with Crippen molar-refractivity contribution in [2.24, 2.45) is 5.92 Å². The SMILES string of the molecule is CC1CCN(C(=O)CN2CCN(c3nn4c(NC(C)(C)C)c(-c5ccccc5)nc4s3)CC2)CC1. The molecule has 9 heteroatoms. The van der Waals surface area contributed by atoms with Crippen LogP contribution in [0.15, 0.2) is 30.3 Å². The zero-order valence-corrected chi connectivity index (χ0v) is 22.1. The van der Waals surface area contributed by atoms with Gasteiger partial charge in [-0.2, -0.15) is 4.52 Å². The molecular formula is C26H37N7OS. The minimum atomic E-state index is -0.117. The lowest BCUT2D eigenvalue weighted by Gasteiger charge is -2.36. The van der Waals surface area contributed by atoms with Gasteiger partial charge >= 0.3 is 0 Å². The van der Waals surface area contributed by atoms with Crippen LogP contribution in [0.2, 0.25) is 0 Å². The molecule has 8 nitrogen and oxygen atoms in total.